The second-order valence-corrected chi connectivity index (χ2v) is 6.30. The lowest BCUT2D eigenvalue weighted by Crippen LogP contribution is -2.31. The van der Waals surface area contributed by atoms with Crippen LogP contribution in [-0.4, -0.2) is 12.6 Å². The van der Waals surface area contributed by atoms with Crippen LogP contribution in [0, 0.1) is 13.8 Å². The summed E-state index contributed by atoms with van der Waals surface area (Å²) in [6, 6.07) is 14.2. The minimum atomic E-state index is -0.150. The highest BCUT2D eigenvalue weighted by atomic mass is 16.2. The molecule has 0 unspecified atom stereocenters. The Hall–Kier alpha value is -2.29. The maximum atomic E-state index is 12.1. The Balaban J connectivity index is 1.88. The molecule has 2 aromatic carbocycles. The summed E-state index contributed by atoms with van der Waals surface area (Å²) in [7, 11) is 0. The molecule has 122 valence electrons. The predicted molar refractivity (Wildman–Crippen MR) is 97.2 cm³/mol. The third-order valence-electron chi connectivity index (χ3n) is 4.01. The quantitative estimate of drug-likeness (QED) is 0.819. The SMILES string of the molecule is Cc1ccc(CCNC(=O)Nc2ccccc2C(C)C)c(C)c1. The second kappa shape index (κ2) is 7.82. The summed E-state index contributed by atoms with van der Waals surface area (Å²) >= 11 is 0. The largest absolute Gasteiger partial charge is 0.338 e. The second-order valence-electron chi connectivity index (χ2n) is 6.30. The van der Waals surface area contributed by atoms with Gasteiger partial charge < -0.3 is 10.6 Å². The first-order valence-electron chi connectivity index (χ1n) is 8.17. The van der Waals surface area contributed by atoms with Crippen LogP contribution < -0.4 is 10.6 Å². The van der Waals surface area contributed by atoms with Crippen molar-refractivity contribution in [3.63, 3.8) is 0 Å². The Kier molecular flexibility index (Phi) is 5.80. The van der Waals surface area contributed by atoms with E-state index in [1.54, 1.807) is 0 Å². The third kappa shape index (κ3) is 4.85. The van der Waals surface area contributed by atoms with E-state index in [1.807, 2.05) is 18.2 Å². The summed E-state index contributed by atoms with van der Waals surface area (Å²) in [6.07, 6.45) is 0.839. The van der Waals surface area contributed by atoms with E-state index in [1.165, 1.54) is 16.7 Å². The lowest BCUT2D eigenvalue weighted by atomic mass is 10.0. The van der Waals surface area contributed by atoms with Gasteiger partial charge in [-0.3, -0.25) is 0 Å². The number of nitrogens with one attached hydrogen (secondary N) is 2. The number of urea groups is 1. The molecule has 2 amide bonds. The zero-order valence-corrected chi connectivity index (χ0v) is 14.4. The molecule has 2 rings (SSSR count). The van der Waals surface area contributed by atoms with Gasteiger partial charge in [-0.05, 0) is 48.9 Å². The van der Waals surface area contributed by atoms with Crippen LogP contribution in [0.1, 0.15) is 42.0 Å². The topological polar surface area (TPSA) is 41.1 Å². The van der Waals surface area contributed by atoms with Crippen LogP contribution in [-0.2, 0) is 6.42 Å². The average molecular weight is 310 g/mol. The van der Waals surface area contributed by atoms with Gasteiger partial charge in [-0.25, -0.2) is 4.79 Å². The monoisotopic (exact) mass is 310 g/mol. The van der Waals surface area contributed by atoms with Crippen LogP contribution >= 0.6 is 0 Å². The first kappa shape index (κ1) is 17.1. The van der Waals surface area contributed by atoms with Crippen LogP contribution in [0.3, 0.4) is 0 Å². The molecule has 23 heavy (non-hydrogen) atoms. The van der Waals surface area contributed by atoms with Crippen molar-refractivity contribution in [2.45, 2.75) is 40.0 Å². The molecule has 0 spiro atoms. The molecule has 0 bridgehead atoms. The van der Waals surface area contributed by atoms with Crippen molar-refractivity contribution in [1.82, 2.24) is 5.32 Å². The number of hydrogen-bond donors (Lipinski definition) is 2. The zero-order chi connectivity index (χ0) is 16.8. The van der Waals surface area contributed by atoms with Crippen molar-refractivity contribution in [3.05, 3.63) is 64.7 Å². The smallest absolute Gasteiger partial charge is 0.319 e. The van der Waals surface area contributed by atoms with Gasteiger partial charge in [-0.1, -0.05) is 55.8 Å². The van der Waals surface area contributed by atoms with Gasteiger partial charge in [0.25, 0.3) is 0 Å². The highest BCUT2D eigenvalue weighted by Crippen LogP contribution is 2.23. The van der Waals surface area contributed by atoms with Gasteiger partial charge in [0.1, 0.15) is 0 Å². The summed E-state index contributed by atoms with van der Waals surface area (Å²) in [4.78, 5) is 12.1. The van der Waals surface area contributed by atoms with Gasteiger partial charge in [-0.2, -0.15) is 0 Å². The minimum absolute atomic E-state index is 0.150. The first-order valence-corrected chi connectivity index (χ1v) is 8.17. The summed E-state index contributed by atoms with van der Waals surface area (Å²) in [5, 5.41) is 5.89. The Bertz CT molecular complexity index is 677. The minimum Gasteiger partial charge on any atom is -0.338 e. The molecular formula is C20H26N2O. The molecule has 0 radical (unpaired) electrons. The number of para-hydroxylation sites is 1. The Morgan fingerprint density at radius 1 is 1.09 bits per heavy atom. The Morgan fingerprint density at radius 2 is 1.83 bits per heavy atom. The van der Waals surface area contributed by atoms with Crippen molar-refractivity contribution >= 4 is 11.7 Å². The number of rotatable bonds is 5. The van der Waals surface area contributed by atoms with Gasteiger partial charge in [0.2, 0.25) is 0 Å². The summed E-state index contributed by atoms with van der Waals surface area (Å²) in [5.41, 5.74) is 5.85. The van der Waals surface area contributed by atoms with Crippen LogP contribution in [0.15, 0.2) is 42.5 Å². The molecule has 0 aromatic heterocycles. The number of benzene rings is 2. The number of carbonyl (C=O) groups is 1. The molecule has 0 saturated heterocycles. The number of anilines is 1. The van der Waals surface area contributed by atoms with Gasteiger partial charge in [0.15, 0.2) is 0 Å². The van der Waals surface area contributed by atoms with E-state index in [9.17, 15) is 4.79 Å². The molecule has 0 atom stereocenters. The van der Waals surface area contributed by atoms with Gasteiger partial charge >= 0.3 is 6.03 Å². The lowest BCUT2D eigenvalue weighted by Gasteiger charge is -2.14. The Morgan fingerprint density at radius 3 is 2.52 bits per heavy atom. The lowest BCUT2D eigenvalue weighted by molar-refractivity contribution is 0.252. The first-order chi connectivity index (χ1) is 11.0. The number of carbonyl (C=O) groups excluding carboxylic acids is 1. The maximum Gasteiger partial charge on any atom is 0.319 e. The van der Waals surface area contributed by atoms with E-state index < -0.39 is 0 Å². The normalized spacial score (nSPS) is 10.7. The fraction of sp³-hybridized carbons (Fsp3) is 0.350. The molecule has 2 N–H and O–H groups in total. The molecule has 0 aliphatic carbocycles. The molecule has 0 heterocycles. The van der Waals surface area contributed by atoms with E-state index in [0.717, 1.165) is 17.7 Å². The van der Waals surface area contributed by atoms with E-state index in [4.69, 9.17) is 0 Å². The number of hydrogen-bond acceptors (Lipinski definition) is 1. The fourth-order valence-electron chi connectivity index (χ4n) is 2.72. The zero-order valence-electron chi connectivity index (χ0n) is 14.4. The molecule has 0 aliphatic rings. The summed E-state index contributed by atoms with van der Waals surface area (Å²) in [6.45, 7) is 9.08. The maximum absolute atomic E-state index is 12.1. The van der Waals surface area contributed by atoms with Crippen LogP contribution in [0.4, 0.5) is 10.5 Å². The van der Waals surface area contributed by atoms with Crippen molar-refractivity contribution in [2.75, 3.05) is 11.9 Å². The number of aryl methyl sites for hydroxylation is 2. The fourth-order valence-corrected chi connectivity index (χ4v) is 2.72. The molecule has 3 heteroatoms. The van der Waals surface area contributed by atoms with E-state index in [0.29, 0.717) is 12.5 Å². The third-order valence-corrected chi connectivity index (χ3v) is 4.01. The molecule has 0 fully saturated rings. The standard InChI is InChI=1S/C20H26N2O/c1-14(2)18-7-5-6-8-19(18)22-20(23)21-12-11-17-10-9-15(3)13-16(17)4/h5-10,13-14H,11-12H2,1-4H3,(H2,21,22,23). The van der Waals surface area contributed by atoms with Gasteiger partial charge in [0, 0.05) is 12.2 Å². The van der Waals surface area contributed by atoms with Crippen molar-refractivity contribution in [3.8, 4) is 0 Å². The Labute approximate surface area is 139 Å². The van der Waals surface area contributed by atoms with Gasteiger partial charge in [-0.15, -0.1) is 0 Å². The van der Waals surface area contributed by atoms with Crippen LogP contribution in [0.5, 0.6) is 0 Å². The van der Waals surface area contributed by atoms with E-state index in [2.05, 4.69) is 62.6 Å². The van der Waals surface area contributed by atoms with Crippen LogP contribution in [0.25, 0.3) is 0 Å². The van der Waals surface area contributed by atoms with Gasteiger partial charge in [0.05, 0.1) is 0 Å². The average Bonchev–Trinajstić information content (AvgIpc) is 2.50. The number of amides is 2. The highest BCUT2D eigenvalue weighted by Gasteiger charge is 2.08. The molecule has 3 nitrogen and oxygen atoms in total. The summed E-state index contributed by atoms with van der Waals surface area (Å²) < 4.78 is 0. The summed E-state index contributed by atoms with van der Waals surface area (Å²) in [5.74, 6) is 0.377. The molecule has 2 aromatic rings. The van der Waals surface area contributed by atoms with E-state index >= 15 is 0 Å². The van der Waals surface area contributed by atoms with Crippen LogP contribution in [0.2, 0.25) is 0 Å². The highest BCUT2D eigenvalue weighted by molar-refractivity contribution is 5.90. The van der Waals surface area contributed by atoms with E-state index in [-0.39, 0.29) is 6.03 Å². The van der Waals surface area contributed by atoms with Crippen molar-refractivity contribution < 1.29 is 4.79 Å². The van der Waals surface area contributed by atoms with Crippen molar-refractivity contribution in [2.24, 2.45) is 0 Å². The van der Waals surface area contributed by atoms with Crippen molar-refractivity contribution in [1.29, 1.82) is 0 Å². The molecule has 0 saturated carbocycles. The molecule has 0 aliphatic heterocycles. The predicted octanol–water partition coefficient (Wildman–Crippen LogP) is 4.79. The molecular weight excluding hydrogens is 284 g/mol.